The molecule has 0 spiro atoms. The van der Waals surface area contributed by atoms with Crippen molar-refractivity contribution in [1.82, 2.24) is 20.6 Å². The predicted octanol–water partition coefficient (Wildman–Crippen LogP) is 6.59. The van der Waals surface area contributed by atoms with Gasteiger partial charge in [0.1, 0.15) is 11.7 Å². The first-order chi connectivity index (χ1) is 21.5. The Balaban J connectivity index is 0.000000460. The third-order valence-electron chi connectivity index (χ3n) is 7.90. The van der Waals surface area contributed by atoms with Crippen LogP contribution in [0, 0.1) is 11.8 Å². The number of aromatic nitrogens is 2. The average Bonchev–Trinajstić information content (AvgIpc) is 3.65. The molecule has 4 heterocycles. The van der Waals surface area contributed by atoms with Crippen molar-refractivity contribution in [3.05, 3.63) is 83.9 Å². The lowest BCUT2D eigenvalue weighted by Crippen LogP contribution is -2.35. The molecule has 0 bridgehead atoms. The molecule has 2 atom stereocenters. The summed E-state index contributed by atoms with van der Waals surface area (Å²) >= 11 is 0. The van der Waals surface area contributed by atoms with Gasteiger partial charge in [-0.3, -0.25) is 9.98 Å². The molecule has 0 aliphatic carbocycles. The van der Waals surface area contributed by atoms with Crippen molar-refractivity contribution >= 4 is 39.4 Å². The zero-order chi connectivity index (χ0) is 31.7. The van der Waals surface area contributed by atoms with Crippen molar-refractivity contribution in [3.63, 3.8) is 0 Å². The number of aliphatic imine (C=N–C) groups is 2. The van der Waals surface area contributed by atoms with E-state index in [1.807, 2.05) is 0 Å². The lowest BCUT2D eigenvalue weighted by Gasteiger charge is -2.19. The molecule has 8 nitrogen and oxygen atoms in total. The molecule has 2 aliphatic rings. The summed E-state index contributed by atoms with van der Waals surface area (Å²) in [6.45, 7) is 8.15. The maximum absolute atomic E-state index is 10.6. The number of nitrogens with one attached hydrogen (secondary N) is 4. The number of rotatable bonds is 4. The van der Waals surface area contributed by atoms with Crippen molar-refractivity contribution in [3.8, 4) is 22.5 Å². The van der Waals surface area contributed by atoms with Gasteiger partial charge in [-0.1, -0.05) is 62.4 Å². The number of carbonyl (C=O) groups is 1. The quantitative estimate of drug-likeness (QED) is 0.157. The van der Waals surface area contributed by atoms with Gasteiger partial charge >= 0.3 is 12.1 Å². The van der Waals surface area contributed by atoms with Crippen LogP contribution in [0.25, 0.3) is 44.3 Å². The lowest BCUT2D eigenvalue weighted by molar-refractivity contribution is -0.192. The first-order valence-corrected chi connectivity index (χ1v) is 14.8. The minimum absolute atomic E-state index is 0.585. The highest BCUT2D eigenvalue weighted by Crippen LogP contribution is 2.30. The van der Waals surface area contributed by atoms with Crippen LogP contribution in [-0.4, -0.2) is 65.1 Å². The highest BCUT2D eigenvalue weighted by atomic mass is 19.4. The second-order valence-electron chi connectivity index (χ2n) is 11.7. The van der Waals surface area contributed by atoms with Crippen LogP contribution in [0.3, 0.4) is 0 Å². The highest BCUT2D eigenvalue weighted by molar-refractivity contribution is 6.03. The van der Waals surface area contributed by atoms with E-state index in [4.69, 9.17) is 19.9 Å². The number of nitrogens with zero attached hydrogens (tertiary/aromatic N) is 2. The molecule has 0 saturated heterocycles. The van der Waals surface area contributed by atoms with E-state index in [9.17, 15) is 13.2 Å². The molecule has 11 heteroatoms. The van der Waals surface area contributed by atoms with Crippen LogP contribution >= 0.6 is 0 Å². The van der Waals surface area contributed by atoms with E-state index in [0.717, 1.165) is 71.4 Å². The van der Waals surface area contributed by atoms with E-state index < -0.39 is 12.1 Å². The molecule has 7 rings (SSSR count). The van der Waals surface area contributed by atoms with Gasteiger partial charge in [0.2, 0.25) is 0 Å². The first-order valence-electron chi connectivity index (χ1n) is 14.8. The van der Waals surface area contributed by atoms with Gasteiger partial charge in [0.25, 0.3) is 0 Å². The van der Waals surface area contributed by atoms with Crippen LogP contribution in [0.2, 0.25) is 0 Å². The fraction of sp³-hybridized carbons (Fsp3) is 0.265. The summed E-state index contributed by atoms with van der Waals surface area (Å²) in [5.74, 6) is 0.402. The van der Waals surface area contributed by atoms with Gasteiger partial charge < -0.3 is 25.7 Å². The van der Waals surface area contributed by atoms with Crippen molar-refractivity contribution in [2.24, 2.45) is 21.8 Å². The van der Waals surface area contributed by atoms with Gasteiger partial charge in [0.05, 0.1) is 0 Å². The van der Waals surface area contributed by atoms with Gasteiger partial charge in [-0.2, -0.15) is 13.2 Å². The minimum Gasteiger partial charge on any atom is -0.475 e. The topological polar surface area (TPSA) is 118 Å². The predicted molar refractivity (Wildman–Crippen MR) is 172 cm³/mol. The molecule has 0 saturated carbocycles. The molecule has 2 unspecified atom stereocenters. The average molecular weight is 615 g/mol. The molecular formula is C34H33F3N6O2. The van der Waals surface area contributed by atoms with Crippen molar-refractivity contribution in [1.29, 1.82) is 0 Å². The van der Waals surface area contributed by atoms with Crippen molar-refractivity contribution in [2.75, 3.05) is 26.2 Å². The molecule has 0 fully saturated rings. The number of hydrogen-bond acceptors (Lipinski definition) is 5. The lowest BCUT2D eigenvalue weighted by atomic mass is 10.1. The second kappa shape index (κ2) is 12.1. The summed E-state index contributed by atoms with van der Waals surface area (Å²) in [7, 11) is 0. The molecule has 5 aromatic rings. The van der Waals surface area contributed by atoms with E-state index in [0.29, 0.717) is 11.8 Å². The van der Waals surface area contributed by atoms with Crippen LogP contribution in [0.4, 0.5) is 13.2 Å². The number of fused-ring (bicyclic) bond motifs is 2. The Morgan fingerprint density at radius 2 is 1.07 bits per heavy atom. The fourth-order valence-corrected chi connectivity index (χ4v) is 5.35. The summed E-state index contributed by atoms with van der Waals surface area (Å²) in [5.41, 5.74) is 9.10. The van der Waals surface area contributed by atoms with Crippen molar-refractivity contribution in [2.45, 2.75) is 20.0 Å². The third-order valence-corrected chi connectivity index (χ3v) is 7.90. The van der Waals surface area contributed by atoms with Crippen LogP contribution in [0.1, 0.15) is 25.0 Å². The summed E-state index contributed by atoms with van der Waals surface area (Å²) < 4.78 is 31.7. The van der Waals surface area contributed by atoms with Gasteiger partial charge in [0, 0.05) is 70.5 Å². The Morgan fingerprint density at radius 3 is 1.40 bits per heavy atom. The number of aromatic amines is 2. The van der Waals surface area contributed by atoms with E-state index in [1.54, 1.807) is 0 Å². The number of alkyl halides is 3. The molecule has 3 aromatic carbocycles. The van der Waals surface area contributed by atoms with Crippen LogP contribution in [0.15, 0.2) is 82.8 Å². The van der Waals surface area contributed by atoms with Gasteiger partial charge in [0.15, 0.2) is 0 Å². The molecule has 5 N–H and O–H groups in total. The molecule has 2 aromatic heterocycles. The zero-order valence-electron chi connectivity index (χ0n) is 24.8. The molecule has 2 aliphatic heterocycles. The second-order valence-corrected chi connectivity index (χ2v) is 11.7. The Hall–Kier alpha value is -5.06. The van der Waals surface area contributed by atoms with Gasteiger partial charge in [-0.15, -0.1) is 0 Å². The van der Waals surface area contributed by atoms with E-state index in [1.165, 1.54) is 21.9 Å². The van der Waals surface area contributed by atoms with E-state index >= 15 is 0 Å². The first kappa shape index (κ1) is 30.0. The third kappa shape index (κ3) is 6.72. The monoisotopic (exact) mass is 614 g/mol. The van der Waals surface area contributed by atoms with Crippen molar-refractivity contribution < 1.29 is 23.1 Å². The Kier molecular flexibility index (Phi) is 8.09. The molecular weight excluding hydrogens is 581 g/mol. The maximum Gasteiger partial charge on any atom is 0.490 e. The summed E-state index contributed by atoms with van der Waals surface area (Å²) in [6.07, 6.45) is -5.08. The summed E-state index contributed by atoms with van der Waals surface area (Å²) in [4.78, 5) is 25.6. The minimum atomic E-state index is -5.08. The largest absolute Gasteiger partial charge is 0.490 e. The Labute approximate surface area is 257 Å². The number of H-pyrrole nitrogens is 2. The standard InChI is InChI=1S/C32H32N6.C2HF3O2/c1-19-15-33-31(34-16-19)25-9-7-23-11-27(37-29(23)13-25)21-3-5-22(6-4-21)28-12-24-8-10-26(14-30(24)38-28)32-35-17-20(2)18-36-32;3-2(4,5)1(6)7/h3-14,19-20,37-38H,15-18H2,1-2H3,(H,33,34)(H,35,36);(H,6,7). The van der Waals surface area contributed by atoms with Crippen LogP contribution in [-0.2, 0) is 4.79 Å². The van der Waals surface area contributed by atoms with E-state index in [2.05, 4.69) is 107 Å². The fourth-order valence-electron chi connectivity index (χ4n) is 5.35. The van der Waals surface area contributed by atoms with E-state index in [-0.39, 0.29) is 0 Å². The summed E-state index contributed by atoms with van der Waals surface area (Å²) in [6, 6.07) is 26.3. The smallest absolute Gasteiger partial charge is 0.475 e. The zero-order valence-corrected chi connectivity index (χ0v) is 24.8. The van der Waals surface area contributed by atoms with Crippen LogP contribution < -0.4 is 10.6 Å². The maximum atomic E-state index is 10.6. The molecule has 0 radical (unpaired) electrons. The molecule has 232 valence electrons. The number of carboxylic acid groups (broad SMARTS) is 1. The number of halogens is 3. The number of carboxylic acids is 1. The SMILES string of the molecule is CC1CN=C(c2ccc3cc(-c4ccc(-c5cc6ccc(C7=NCC(C)CN7)cc6[nH]5)cc4)[nH]c3c2)NC1.O=C(O)C(F)(F)F. The van der Waals surface area contributed by atoms with Crippen LogP contribution in [0.5, 0.6) is 0 Å². The number of hydrogen-bond donors (Lipinski definition) is 5. The number of amidine groups is 2. The van der Waals surface area contributed by atoms with Gasteiger partial charge in [-0.05, 0) is 47.2 Å². The Morgan fingerprint density at radius 1 is 0.689 bits per heavy atom. The molecule has 0 amide bonds. The number of aliphatic carboxylic acids is 1. The normalized spacial score (nSPS) is 18.3. The number of benzene rings is 3. The summed E-state index contributed by atoms with van der Waals surface area (Å²) in [5, 5.41) is 16.5. The molecule has 45 heavy (non-hydrogen) atoms. The highest BCUT2D eigenvalue weighted by Gasteiger charge is 2.38. The van der Waals surface area contributed by atoms with Gasteiger partial charge in [-0.25, -0.2) is 4.79 Å². The Bertz CT molecular complexity index is 1790.